The van der Waals surface area contributed by atoms with Gasteiger partial charge in [-0.1, -0.05) is 54.8 Å². The Labute approximate surface area is 151 Å². The Morgan fingerprint density at radius 3 is 2.44 bits per heavy atom. The summed E-state index contributed by atoms with van der Waals surface area (Å²) in [5.74, 6) is 0. The highest BCUT2D eigenvalue weighted by Crippen LogP contribution is 2.35. The molecular weight excluding hydrogens is 330 g/mol. The Morgan fingerprint density at radius 2 is 1.68 bits per heavy atom. The first-order valence-corrected chi connectivity index (χ1v) is 10.5. The first-order valence-electron chi connectivity index (χ1n) is 9.05. The summed E-state index contributed by atoms with van der Waals surface area (Å²) in [5.41, 5.74) is 4.07. The Kier molecular flexibility index (Phi) is 5.30. The van der Waals surface area contributed by atoms with Crippen LogP contribution in [0, 0.1) is 20.8 Å². The molecule has 0 amide bonds. The van der Waals surface area contributed by atoms with E-state index in [2.05, 4.69) is 25.1 Å². The molecule has 1 saturated heterocycles. The van der Waals surface area contributed by atoms with E-state index in [-0.39, 0.29) is 6.04 Å². The maximum Gasteiger partial charge on any atom is 0.243 e. The van der Waals surface area contributed by atoms with Gasteiger partial charge in [0.05, 0.1) is 10.9 Å². The molecule has 3 nitrogen and oxygen atoms in total. The molecule has 25 heavy (non-hydrogen) atoms. The zero-order valence-corrected chi connectivity index (χ0v) is 16.1. The number of aryl methyl sites for hydroxylation is 3. The van der Waals surface area contributed by atoms with Crippen LogP contribution in [0.15, 0.2) is 47.4 Å². The van der Waals surface area contributed by atoms with E-state index in [0.717, 1.165) is 42.4 Å². The Bertz CT molecular complexity index is 858. The van der Waals surface area contributed by atoms with Gasteiger partial charge in [0.25, 0.3) is 0 Å². The van der Waals surface area contributed by atoms with Gasteiger partial charge in [-0.15, -0.1) is 0 Å². The van der Waals surface area contributed by atoms with Gasteiger partial charge in [-0.25, -0.2) is 8.42 Å². The van der Waals surface area contributed by atoms with Gasteiger partial charge in [-0.2, -0.15) is 4.31 Å². The second kappa shape index (κ2) is 7.30. The van der Waals surface area contributed by atoms with E-state index in [0.29, 0.717) is 11.4 Å². The normalized spacial score (nSPS) is 19.6. The van der Waals surface area contributed by atoms with Gasteiger partial charge < -0.3 is 0 Å². The summed E-state index contributed by atoms with van der Waals surface area (Å²) in [7, 11) is -3.52. The van der Waals surface area contributed by atoms with E-state index in [9.17, 15) is 8.42 Å². The maximum atomic E-state index is 13.5. The number of hydrogen-bond donors (Lipinski definition) is 0. The molecule has 1 heterocycles. The molecule has 0 aromatic heterocycles. The topological polar surface area (TPSA) is 37.4 Å². The van der Waals surface area contributed by atoms with Gasteiger partial charge in [-0.05, 0) is 56.4 Å². The SMILES string of the molecule is Cc1cccc([C@H]2CCCCCN2S(=O)(=O)c2cc(C)ccc2C)c1. The van der Waals surface area contributed by atoms with Gasteiger partial charge in [0.1, 0.15) is 0 Å². The number of sulfonamides is 1. The second-order valence-electron chi connectivity index (χ2n) is 7.16. The van der Waals surface area contributed by atoms with Crippen molar-refractivity contribution in [3.63, 3.8) is 0 Å². The molecule has 0 radical (unpaired) electrons. The highest BCUT2D eigenvalue weighted by Gasteiger charge is 2.34. The molecule has 2 aromatic carbocycles. The van der Waals surface area contributed by atoms with Crippen LogP contribution in [-0.4, -0.2) is 19.3 Å². The van der Waals surface area contributed by atoms with E-state index >= 15 is 0 Å². The summed E-state index contributed by atoms with van der Waals surface area (Å²) in [6.45, 7) is 6.48. The quantitative estimate of drug-likeness (QED) is 0.782. The molecule has 1 fully saturated rings. The zero-order chi connectivity index (χ0) is 18.0. The van der Waals surface area contributed by atoms with Crippen molar-refractivity contribution in [3.05, 3.63) is 64.7 Å². The summed E-state index contributed by atoms with van der Waals surface area (Å²) in [5, 5.41) is 0. The van der Waals surface area contributed by atoms with Crippen molar-refractivity contribution in [1.29, 1.82) is 0 Å². The van der Waals surface area contributed by atoms with Crippen LogP contribution in [0.3, 0.4) is 0 Å². The van der Waals surface area contributed by atoms with Crippen molar-refractivity contribution < 1.29 is 8.42 Å². The minimum atomic E-state index is -3.52. The molecule has 0 spiro atoms. The molecule has 3 rings (SSSR count). The van der Waals surface area contributed by atoms with E-state index < -0.39 is 10.0 Å². The fourth-order valence-corrected chi connectivity index (χ4v) is 5.69. The van der Waals surface area contributed by atoms with Crippen LogP contribution in [-0.2, 0) is 10.0 Å². The average molecular weight is 358 g/mol. The molecule has 0 bridgehead atoms. The zero-order valence-electron chi connectivity index (χ0n) is 15.3. The Morgan fingerprint density at radius 1 is 0.920 bits per heavy atom. The number of nitrogens with zero attached hydrogens (tertiary/aromatic N) is 1. The third-order valence-electron chi connectivity index (χ3n) is 5.06. The number of rotatable bonds is 3. The number of benzene rings is 2. The minimum Gasteiger partial charge on any atom is -0.207 e. The van der Waals surface area contributed by atoms with Gasteiger partial charge in [0.15, 0.2) is 0 Å². The molecular formula is C21H27NO2S. The lowest BCUT2D eigenvalue weighted by Gasteiger charge is -2.30. The van der Waals surface area contributed by atoms with E-state index in [4.69, 9.17) is 0 Å². The third-order valence-corrected chi connectivity index (χ3v) is 7.11. The van der Waals surface area contributed by atoms with E-state index in [1.807, 2.05) is 38.1 Å². The van der Waals surface area contributed by atoms with Crippen LogP contribution < -0.4 is 0 Å². The van der Waals surface area contributed by atoms with Crippen LogP contribution in [0.1, 0.15) is 54.0 Å². The molecule has 2 aromatic rings. The fourth-order valence-electron chi connectivity index (χ4n) is 3.69. The summed E-state index contributed by atoms with van der Waals surface area (Å²) in [4.78, 5) is 0.451. The molecule has 0 unspecified atom stereocenters. The Hall–Kier alpha value is -1.65. The second-order valence-corrected chi connectivity index (χ2v) is 9.02. The maximum absolute atomic E-state index is 13.5. The van der Waals surface area contributed by atoms with Crippen LogP contribution in [0.5, 0.6) is 0 Å². The number of hydrogen-bond acceptors (Lipinski definition) is 2. The summed E-state index contributed by atoms with van der Waals surface area (Å²) < 4.78 is 28.8. The summed E-state index contributed by atoms with van der Waals surface area (Å²) in [6, 6.07) is 13.9. The smallest absolute Gasteiger partial charge is 0.207 e. The third kappa shape index (κ3) is 3.80. The standard InChI is InChI=1S/C21H27NO2S/c1-16-8-7-9-19(14-16)20-10-5-4-6-13-22(20)25(23,24)21-15-17(2)11-12-18(21)3/h7-9,11-12,14-15,20H,4-6,10,13H2,1-3H3/t20-/m1/s1. The highest BCUT2D eigenvalue weighted by atomic mass is 32.2. The molecule has 1 aliphatic rings. The average Bonchev–Trinajstić information content (AvgIpc) is 2.83. The van der Waals surface area contributed by atoms with Gasteiger partial charge in [0, 0.05) is 6.54 Å². The predicted octanol–water partition coefficient (Wildman–Crippen LogP) is 4.92. The molecule has 0 aliphatic carbocycles. The Balaban J connectivity index is 2.08. The van der Waals surface area contributed by atoms with Gasteiger partial charge >= 0.3 is 0 Å². The van der Waals surface area contributed by atoms with Crippen molar-refractivity contribution >= 4 is 10.0 Å². The van der Waals surface area contributed by atoms with Crippen molar-refractivity contribution in [2.24, 2.45) is 0 Å². The van der Waals surface area contributed by atoms with Crippen molar-refractivity contribution in [1.82, 2.24) is 4.31 Å². The lowest BCUT2D eigenvalue weighted by Crippen LogP contribution is -2.35. The molecule has 0 N–H and O–H groups in total. The van der Waals surface area contributed by atoms with Gasteiger partial charge in [-0.3, -0.25) is 0 Å². The van der Waals surface area contributed by atoms with Crippen LogP contribution in [0.25, 0.3) is 0 Å². The lowest BCUT2D eigenvalue weighted by molar-refractivity contribution is 0.328. The molecule has 134 valence electrons. The largest absolute Gasteiger partial charge is 0.243 e. The van der Waals surface area contributed by atoms with Crippen LogP contribution in [0.2, 0.25) is 0 Å². The lowest BCUT2D eigenvalue weighted by atomic mass is 10.0. The summed E-state index contributed by atoms with van der Waals surface area (Å²) in [6.07, 6.45) is 3.96. The molecule has 1 aliphatic heterocycles. The van der Waals surface area contributed by atoms with Crippen LogP contribution in [0.4, 0.5) is 0 Å². The molecule has 1 atom stereocenters. The molecule has 0 saturated carbocycles. The van der Waals surface area contributed by atoms with Crippen molar-refractivity contribution in [3.8, 4) is 0 Å². The predicted molar refractivity (Wildman–Crippen MR) is 102 cm³/mol. The minimum absolute atomic E-state index is 0.0766. The fraction of sp³-hybridized carbons (Fsp3) is 0.429. The van der Waals surface area contributed by atoms with Crippen LogP contribution >= 0.6 is 0 Å². The van der Waals surface area contributed by atoms with E-state index in [1.54, 1.807) is 4.31 Å². The first-order chi connectivity index (χ1) is 11.9. The van der Waals surface area contributed by atoms with Crippen molar-refractivity contribution in [2.75, 3.05) is 6.54 Å². The first kappa shape index (κ1) is 18.2. The van der Waals surface area contributed by atoms with Crippen molar-refractivity contribution in [2.45, 2.75) is 57.4 Å². The van der Waals surface area contributed by atoms with Gasteiger partial charge in [0.2, 0.25) is 10.0 Å². The van der Waals surface area contributed by atoms with E-state index in [1.165, 1.54) is 5.56 Å². The molecule has 4 heteroatoms. The monoisotopic (exact) mass is 357 g/mol. The summed E-state index contributed by atoms with van der Waals surface area (Å²) >= 11 is 0. The highest BCUT2D eigenvalue weighted by molar-refractivity contribution is 7.89.